The van der Waals surface area contributed by atoms with Crippen molar-refractivity contribution in [1.82, 2.24) is 4.90 Å². The molecule has 1 aliphatic rings. The second kappa shape index (κ2) is 10.5. The molecule has 2 aromatic rings. The Morgan fingerprint density at radius 3 is 2.27 bits per heavy atom. The molecule has 1 amide bonds. The summed E-state index contributed by atoms with van der Waals surface area (Å²) in [4.78, 5) is 14.2. The van der Waals surface area contributed by atoms with Gasteiger partial charge in [0.05, 0.1) is 5.60 Å². The average Bonchev–Trinajstić information content (AvgIpc) is 2.68. The van der Waals surface area contributed by atoms with Gasteiger partial charge in [-0.25, -0.2) is 4.79 Å². The number of amides is 1. The molecule has 0 aromatic heterocycles. The second-order valence-corrected chi connectivity index (χ2v) is 9.13. The Bertz CT molecular complexity index is 847. The standard InChI is InChI=1S/C24H30ClNO3.Na.H/c1-23(2,3)29-22(27)26-15-13-24(28-4,14-16-26)17-19-7-5-6-8-21(19)18-9-11-20(25)12-10-18;;/h5-12H,13-17H2,1-4H3;;/q;+1;-1. The van der Waals surface area contributed by atoms with Crippen LogP contribution in [0, 0.1) is 0 Å². The Kier molecular flexibility index (Phi) is 8.84. The van der Waals surface area contributed by atoms with E-state index in [2.05, 4.69) is 24.3 Å². The molecular weight excluding hydrogens is 409 g/mol. The molecular formula is C24H31ClNNaO3. The SMILES string of the molecule is COC1(Cc2ccccc2-c2ccc(Cl)cc2)CCN(C(=O)OC(C)(C)C)CC1.[H-].[Na+]. The predicted molar refractivity (Wildman–Crippen MR) is 118 cm³/mol. The van der Waals surface area contributed by atoms with Crippen molar-refractivity contribution in [1.29, 1.82) is 0 Å². The molecule has 1 heterocycles. The number of hydrogen-bond acceptors (Lipinski definition) is 3. The first-order valence-electron chi connectivity index (χ1n) is 10.1. The Hall–Kier alpha value is -1.04. The molecule has 4 nitrogen and oxygen atoms in total. The maximum Gasteiger partial charge on any atom is 1.00 e. The van der Waals surface area contributed by atoms with Crippen molar-refractivity contribution in [2.24, 2.45) is 0 Å². The number of halogens is 1. The van der Waals surface area contributed by atoms with Crippen molar-refractivity contribution < 1.29 is 45.3 Å². The van der Waals surface area contributed by atoms with Crippen molar-refractivity contribution in [2.75, 3.05) is 20.2 Å². The first kappa shape index (κ1) is 25.2. The van der Waals surface area contributed by atoms with E-state index in [0.29, 0.717) is 13.1 Å². The summed E-state index contributed by atoms with van der Waals surface area (Å²) in [7, 11) is 1.77. The van der Waals surface area contributed by atoms with Gasteiger partial charge in [0.1, 0.15) is 5.60 Å². The van der Waals surface area contributed by atoms with E-state index in [1.807, 2.05) is 45.0 Å². The third-order valence-corrected chi connectivity index (χ3v) is 5.70. The quantitative estimate of drug-likeness (QED) is 0.687. The fourth-order valence-electron chi connectivity index (χ4n) is 3.81. The van der Waals surface area contributed by atoms with Gasteiger partial charge < -0.3 is 15.8 Å². The molecule has 1 fully saturated rings. The monoisotopic (exact) mass is 439 g/mol. The van der Waals surface area contributed by atoms with Crippen molar-refractivity contribution in [3.63, 3.8) is 0 Å². The minimum absolute atomic E-state index is 0. The molecule has 3 rings (SSSR count). The predicted octanol–water partition coefficient (Wildman–Crippen LogP) is 3.08. The zero-order chi connectivity index (χ0) is 21.1. The maximum absolute atomic E-state index is 12.4. The topological polar surface area (TPSA) is 38.8 Å². The third kappa shape index (κ3) is 6.48. The van der Waals surface area contributed by atoms with Crippen molar-refractivity contribution in [3.8, 4) is 11.1 Å². The van der Waals surface area contributed by atoms with E-state index in [1.165, 1.54) is 11.1 Å². The summed E-state index contributed by atoms with van der Waals surface area (Å²) in [6, 6.07) is 16.3. The molecule has 2 aromatic carbocycles. The number of benzene rings is 2. The number of ether oxygens (including phenoxy) is 2. The van der Waals surface area contributed by atoms with E-state index in [-0.39, 0.29) is 42.7 Å². The number of nitrogens with zero attached hydrogens (tertiary/aromatic N) is 1. The first-order chi connectivity index (χ1) is 13.7. The number of methoxy groups -OCH3 is 1. The molecule has 0 unspecified atom stereocenters. The Balaban J connectivity index is 0.00000240. The van der Waals surface area contributed by atoms with Crippen molar-refractivity contribution in [2.45, 2.75) is 51.2 Å². The molecule has 0 saturated carbocycles. The van der Waals surface area contributed by atoms with Crippen molar-refractivity contribution in [3.05, 3.63) is 59.1 Å². The molecule has 1 aliphatic heterocycles. The minimum atomic E-state index is -0.482. The molecule has 0 N–H and O–H groups in total. The Morgan fingerprint density at radius 2 is 1.70 bits per heavy atom. The summed E-state index contributed by atoms with van der Waals surface area (Å²) in [5, 5.41) is 0.731. The van der Waals surface area contributed by atoms with Gasteiger partial charge >= 0.3 is 35.7 Å². The molecule has 6 heteroatoms. The molecule has 0 spiro atoms. The maximum atomic E-state index is 12.4. The zero-order valence-electron chi connectivity index (χ0n) is 19.7. The van der Waals surface area contributed by atoms with Gasteiger partial charge in [-0.05, 0) is 62.4 Å². The van der Waals surface area contributed by atoms with E-state index in [1.54, 1.807) is 12.0 Å². The van der Waals surface area contributed by atoms with Crippen LogP contribution < -0.4 is 29.6 Å². The van der Waals surface area contributed by atoms with Gasteiger partial charge in [0.25, 0.3) is 0 Å². The smallest absolute Gasteiger partial charge is 1.00 e. The van der Waals surface area contributed by atoms with Crippen molar-refractivity contribution >= 4 is 17.7 Å². The fourth-order valence-corrected chi connectivity index (χ4v) is 3.93. The van der Waals surface area contributed by atoms with E-state index < -0.39 is 5.60 Å². The molecule has 0 atom stereocenters. The molecule has 30 heavy (non-hydrogen) atoms. The fraction of sp³-hybridized carbons (Fsp3) is 0.458. The summed E-state index contributed by atoms with van der Waals surface area (Å²) in [5.74, 6) is 0. The number of carbonyl (C=O) groups excluding carboxylic acids is 1. The van der Waals surface area contributed by atoms with Crippen LogP contribution in [0.4, 0.5) is 4.79 Å². The van der Waals surface area contributed by atoms with Crippen LogP contribution in [0.25, 0.3) is 11.1 Å². The van der Waals surface area contributed by atoms with E-state index in [0.717, 1.165) is 29.8 Å². The van der Waals surface area contributed by atoms with Gasteiger partial charge in [-0.15, -0.1) is 0 Å². The molecule has 0 aliphatic carbocycles. The number of carbonyl (C=O) groups is 1. The van der Waals surface area contributed by atoms with Crippen LogP contribution in [0.2, 0.25) is 5.02 Å². The zero-order valence-corrected chi connectivity index (χ0v) is 21.5. The normalized spacial score (nSPS) is 16.0. The first-order valence-corrected chi connectivity index (χ1v) is 10.5. The summed E-state index contributed by atoms with van der Waals surface area (Å²) < 4.78 is 11.5. The van der Waals surface area contributed by atoms with E-state index in [4.69, 9.17) is 21.1 Å². The van der Waals surface area contributed by atoms with E-state index >= 15 is 0 Å². The molecule has 158 valence electrons. The van der Waals surface area contributed by atoms with Gasteiger partial charge in [0, 0.05) is 31.6 Å². The number of likely N-dealkylation sites (tertiary alicyclic amines) is 1. The van der Waals surface area contributed by atoms with Crippen LogP contribution in [-0.4, -0.2) is 42.4 Å². The summed E-state index contributed by atoms with van der Waals surface area (Å²) in [5.41, 5.74) is 2.80. The van der Waals surface area contributed by atoms with Gasteiger partial charge in [-0.3, -0.25) is 0 Å². The Labute approximate surface area is 208 Å². The van der Waals surface area contributed by atoms with Gasteiger partial charge in [0.2, 0.25) is 0 Å². The van der Waals surface area contributed by atoms with Crippen LogP contribution in [0.15, 0.2) is 48.5 Å². The van der Waals surface area contributed by atoms with Gasteiger partial charge in [-0.2, -0.15) is 0 Å². The summed E-state index contributed by atoms with van der Waals surface area (Å²) in [6.45, 7) is 6.93. The number of piperidine rings is 1. The van der Waals surface area contributed by atoms with Crippen LogP contribution in [-0.2, 0) is 15.9 Å². The minimum Gasteiger partial charge on any atom is -1.00 e. The summed E-state index contributed by atoms with van der Waals surface area (Å²) >= 11 is 6.06. The number of hydrogen-bond donors (Lipinski definition) is 0. The van der Waals surface area contributed by atoms with Crippen LogP contribution in [0.1, 0.15) is 40.6 Å². The van der Waals surface area contributed by atoms with Crippen LogP contribution >= 0.6 is 11.6 Å². The van der Waals surface area contributed by atoms with Crippen LogP contribution in [0.3, 0.4) is 0 Å². The van der Waals surface area contributed by atoms with E-state index in [9.17, 15) is 4.79 Å². The largest absolute Gasteiger partial charge is 1.00 e. The third-order valence-electron chi connectivity index (χ3n) is 5.44. The number of rotatable bonds is 4. The molecule has 1 saturated heterocycles. The second-order valence-electron chi connectivity index (χ2n) is 8.70. The van der Waals surface area contributed by atoms with Crippen LogP contribution in [0.5, 0.6) is 0 Å². The molecule has 0 bridgehead atoms. The van der Waals surface area contributed by atoms with Gasteiger partial charge in [-0.1, -0.05) is 48.0 Å². The Morgan fingerprint density at radius 1 is 1.10 bits per heavy atom. The molecule has 0 radical (unpaired) electrons. The average molecular weight is 440 g/mol. The van der Waals surface area contributed by atoms with Gasteiger partial charge in [0.15, 0.2) is 0 Å². The summed E-state index contributed by atoms with van der Waals surface area (Å²) in [6.07, 6.45) is 2.10.